The van der Waals surface area contributed by atoms with Gasteiger partial charge in [0.25, 0.3) is 0 Å². The monoisotopic (exact) mass is 509 g/mol. The quantitative estimate of drug-likeness (QED) is 0.358. The van der Waals surface area contributed by atoms with Crippen molar-refractivity contribution < 1.29 is 13.9 Å². The molecule has 0 saturated carbocycles. The Labute approximate surface area is 220 Å². The van der Waals surface area contributed by atoms with Gasteiger partial charge in [0, 0.05) is 43.6 Å². The van der Waals surface area contributed by atoms with Crippen LogP contribution in [0.5, 0.6) is 11.5 Å². The number of fused-ring (bicyclic) bond motifs is 1. The summed E-state index contributed by atoms with van der Waals surface area (Å²) in [6, 6.07) is 25.5. The zero-order chi connectivity index (χ0) is 26.1. The van der Waals surface area contributed by atoms with E-state index in [1.807, 2.05) is 77.2 Å². The van der Waals surface area contributed by atoms with Crippen molar-refractivity contribution >= 4 is 23.1 Å². The number of aliphatic imine (C=N–C) groups is 1. The van der Waals surface area contributed by atoms with Crippen molar-refractivity contribution in [1.29, 1.82) is 0 Å². The lowest BCUT2D eigenvalue weighted by atomic mass is 9.87. The average Bonchev–Trinajstić information content (AvgIpc) is 3.42. The number of hydrogen-bond acceptors (Lipinski definition) is 5. The number of carbonyl (C=O) groups excluding carboxylic acids is 1. The van der Waals surface area contributed by atoms with E-state index < -0.39 is 5.92 Å². The molecule has 1 amide bonds. The van der Waals surface area contributed by atoms with Gasteiger partial charge in [-0.3, -0.25) is 4.79 Å². The van der Waals surface area contributed by atoms with Gasteiger partial charge in [0.1, 0.15) is 23.2 Å². The van der Waals surface area contributed by atoms with E-state index in [1.54, 1.807) is 18.3 Å². The fourth-order valence-electron chi connectivity index (χ4n) is 5.27. The van der Waals surface area contributed by atoms with Crippen LogP contribution in [0.3, 0.4) is 0 Å². The summed E-state index contributed by atoms with van der Waals surface area (Å²) in [5.41, 5.74) is 2.71. The molecule has 4 aromatic rings. The number of piperazine rings is 1. The van der Waals surface area contributed by atoms with Crippen molar-refractivity contribution in [2.24, 2.45) is 10.9 Å². The highest BCUT2D eigenvalue weighted by Crippen LogP contribution is 2.38. The first-order valence-electron chi connectivity index (χ1n) is 12.8. The van der Waals surface area contributed by atoms with Gasteiger partial charge in [-0.05, 0) is 61.0 Å². The normalized spacial score (nSPS) is 19.1. The number of nitrogens with zero attached hydrogens (tertiary/aromatic N) is 5. The maximum atomic E-state index is 14.0. The topological polar surface area (TPSA) is 63.0 Å². The second-order valence-electron chi connectivity index (χ2n) is 9.58. The largest absolute Gasteiger partial charge is 0.457 e. The van der Waals surface area contributed by atoms with E-state index in [0.29, 0.717) is 26.2 Å². The summed E-state index contributed by atoms with van der Waals surface area (Å²) in [5, 5.41) is 4.54. The number of amides is 1. The predicted molar refractivity (Wildman–Crippen MR) is 145 cm³/mol. The molecule has 3 aromatic carbocycles. The molecule has 0 bridgehead atoms. The molecule has 38 heavy (non-hydrogen) atoms. The number of ether oxygens (including phenoxy) is 1. The number of aromatic nitrogens is 2. The molecule has 1 fully saturated rings. The van der Waals surface area contributed by atoms with Crippen LogP contribution in [-0.4, -0.2) is 52.5 Å². The molecule has 2 aliphatic rings. The van der Waals surface area contributed by atoms with Gasteiger partial charge in [-0.1, -0.05) is 30.3 Å². The van der Waals surface area contributed by atoms with Gasteiger partial charge >= 0.3 is 0 Å². The molecule has 0 spiro atoms. The summed E-state index contributed by atoms with van der Waals surface area (Å²) in [4.78, 5) is 22.8. The molecular formula is C30H28FN5O2. The minimum atomic E-state index is -0.472. The molecule has 2 unspecified atom stereocenters. The minimum Gasteiger partial charge on any atom is -0.457 e. The molecule has 7 nitrogen and oxygen atoms in total. The lowest BCUT2D eigenvalue weighted by Gasteiger charge is -2.40. The zero-order valence-electron chi connectivity index (χ0n) is 21.1. The van der Waals surface area contributed by atoms with E-state index in [-0.39, 0.29) is 17.8 Å². The van der Waals surface area contributed by atoms with Crippen LogP contribution in [0.15, 0.2) is 96.1 Å². The lowest BCUT2D eigenvalue weighted by molar-refractivity contribution is -0.134. The number of benzene rings is 3. The molecule has 192 valence electrons. The van der Waals surface area contributed by atoms with E-state index in [4.69, 9.17) is 9.73 Å². The van der Waals surface area contributed by atoms with Crippen molar-refractivity contribution in [2.45, 2.75) is 13.0 Å². The molecular weight excluding hydrogens is 481 g/mol. The molecule has 0 radical (unpaired) electrons. The number of para-hydroxylation sites is 1. The molecule has 2 atom stereocenters. The van der Waals surface area contributed by atoms with E-state index in [1.165, 1.54) is 12.1 Å². The highest BCUT2D eigenvalue weighted by molar-refractivity contribution is 6.05. The Balaban J connectivity index is 1.23. The van der Waals surface area contributed by atoms with Crippen molar-refractivity contribution in [1.82, 2.24) is 14.7 Å². The zero-order valence-corrected chi connectivity index (χ0v) is 21.1. The average molecular weight is 510 g/mol. The van der Waals surface area contributed by atoms with Crippen LogP contribution in [0.25, 0.3) is 0 Å². The number of hydrogen-bond donors (Lipinski definition) is 0. The molecule has 0 aliphatic carbocycles. The Morgan fingerprint density at radius 1 is 0.868 bits per heavy atom. The van der Waals surface area contributed by atoms with Gasteiger partial charge in [0.2, 0.25) is 5.91 Å². The first-order valence-corrected chi connectivity index (χ1v) is 12.8. The predicted octanol–water partition coefficient (Wildman–Crippen LogP) is 5.47. The number of rotatable bonds is 5. The number of carbonyl (C=O) groups is 1. The first kappa shape index (κ1) is 23.9. The Hall–Kier alpha value is -4.46. The third kappa shape index (κ3) is 4.65. The molecule has 1 saturated heterocycles. The van der Waals surface area contributed by atoms with Crippen molar-refractivity contribution in [2.75, 3.05) is 31.1 Å². The molecule has 0 N–H and O–H groups in total. The van der Waals surface area contributed by atoms with Crippen LogP contribution in [0.2, 0.25) is 0 Å². The van der Waals surface area contributed by atoms with Crippen LogP contribution < -0.4 is 9.64 Å². The summed E-state index contributed by atoms with van der Waals surface area (Å²) in [6.45, 7) is 4.46. The van der Waals surface area contributed by atoms with E-state index in [0.717, 1.165) is 34.3 Å². The van der Waals surface area contributed by atoms with Gasteiger partial charge in [-0.15, -0.1) is 0 Å². The Kier molecular flexibility index (Phi) is 6.37. The van der Waals surface area contributed by atoms with Gasteiger partial charge in [-0.2, -0.15) is 5.10 Å². The Morgan fingerprint density at radius 3 is 2.26 bits per heavy atom. The third-order valence-electron chi connectivity index (χ3n) is 7.22. The summed E-state index contributed by atoms with van der Waals surface area (Å²) in [5.74, 6) is 1.55. The lowest BCUT2D eigenvalue weighted by Crippen LogP contribution is -2.53. The molecule has 1 aromatic heterocycles. The van der Waals surface area contributed by atoms with E-state index in [9.17, 15) is 9.18 Å². The fourth-order valence-corrected chi connectivity index (χ4v) is 5.27. The maximum absolute atomic E-state index is 14.0. The van der Waals surface area contributed by atoms with E-state index >= 15 is 0 Å². The van der Waals surface area contributed by atoms with Gasteiger partial charge in [0.15, 0.2) is 5.82 Å². The number of halogens is 1. The molecule has 8 heteroatoms. The highest BCUT2D eigenvalue weighted by atomic mass is 19.1. The second kappa shape index (κ2) is 10.1. The Bertz CT molecular complexity index is 1440. The van der Waals surface area contributed by atoms with Crippen LogP contribution in [0, 0.1) is 11.7 Å². The van der Waals surface area contributed by atoms with Gasteiger partial charge in [-0.25, -0.2) is 14.1 Å². The second-order valence-corrected chi connectivity index (χ2v) is 9.58. The van der Waals surface area contributed by atoms with Crippen molar-refractivity contribution in [3.05, 3.63) is 103 Å². The summed E-state index contributed by atoms with van der Waals surface area (Å²) in [6.07, 6.45) is 1.72. The highest BCUT2D eigenvalue weighted by Gasteiger charge is 2.40. The smallest absolute Gasteiger partial charge is 0.234 e. The summed E-state index contributed by atoms with van der Waals surface area (Å²) >= 11 is 0. The first-order chi connectivity index (χ1) is 18.6. The fraction of sp³-hybridized carbons (Fsp3) is 0.233. The summed E-state index contributed by atoms with van der Waals surface area (Å²) < 4.78 is 21.2. The molecule has 3 heterocycles. The van der Waals surface area contributed by atoms with Gasteiger partial charge < -0.3 is 14.5 Å². The van der Waals surface area contributed by atoms with Crippen LogP contribution >= 0.6 is 0 Å². The van der Waals surface area contributed by atoms with Crippen LogP contribution in [0.1, 0.15) is 18.5 Å². The summed E-state index contributed by atoms with van der Waals surface area (Å²) in [7, 11) is 0. The van der Waals surface area contributed by atoms with Gasteiger partial charge in [0.05, 0.1) is 12.2 Å². The third-order valence-corrected chi connectivity index (χ3v) is 7.22. The van der Waals surface area contributed by atoms with Crippen molar-refractivity contribution in [3.8, 4) is 11.5 Å². The van der Waals surface area contributed by atoms with Crippen LogP contribution in [-0.2, 0) is 4.79 Å². The SMILES string of the molecule is CC1=Nc2ccnn2C(c2ccc(Oc3ccccc3)cc2)C1C(=O)N1CCN(c2ccc(F)cc2)CC1. The standard InChI is InChI=1S/C30H28FN5O2/c1-21-28(30(37)35-19-17-34(18-20-35)24-11-9-23(31)10-12-24)29(36-27(33-21)15-16-32-36)22-7-13-26(14-8-22)38-25-5-3-2-4-6-25/h2-16,28-29H,17-20H2,1H3. The molecule has 2 aliphatic heterocycles. The Morgan fingerprint density at radius 2 is 1.55 bits per heavy atom. The van der Waals surface area contributed by atoms with Crippen LogP contribution in [0.4, 0.5) is 15.9 Å². The molecule has 6 rings (SSSR count). The van der Waals surface area contributed by atoms with E-state index in [2.05, 4.69) is 10.00 Å². The maximum Gasteiger partial charge on any atom is 0.234 e. The minimum absolute atomic E-state index is 0.0424. The van der Waals surface area contributed by atoms with Crippen molar-refractivity contribution in [3.63, 3.8) is 0 Å². The number of anilines is 1.